The third kappa shape index (κ3) is 5.42. The van der Waals surface area contributed by atoms with Gasteiger partial charge in [0.15, 0.2) is 5.69 Å². The Bertz CT molecular complexity index is 1270. The lowest BCUT2D eigenvalue weighted by molar-refractivity contribution is 0.0689. The van der Waals surface area contributed by atoms with Crippen molar-refractivity contribution in [3.63, 3.8) is 0 Å². The highest BCUT2D eigenvalue weighted by atomic mass is 35.5. The maximum atomic E-state index is 11.1. The summed E-state index contributed by atoms with van der Waals surface area (Å²) in [7, 11) is 0. The summed E-state index contributed by atoms with van der Waals surface area (Å²) in [5, 5.41) is 14.4. The summed E-state index contributed by atoms with van der Waals surface area (Å²) in [6.45, 7) is 2.33. The van der Waals surface area contributed by atoms with E-state index in [1.54, 1.807) is 25.4 Å². The van der Waals surface area contributed by atoms with Gasteiger partial charge in [-0.15, -0.1) is 0 Å². The number of aryl methyl sites for hydroxylation is 1. The Labute approximate surface area is 219 Å². The Hall–Kier alpha value is -2.90. The largest absolute Gasteiger partial charge is 0.492 e. The zero-order chi connectivity index (χ0) is 25.2. The summed E-state index contributed by atoms with van der Waals surface area (Å²) in [5.41, 5.74) is 2.95. The molecule has 0 spiro atoms. The van der Waals surface area contributed by atoms with Gasteiger partial charge in [-0.3, -0.25) is 4.98 Å². The monoisotopic (exact) mass is 527 g/mol. The minimum atomic E-state index is -1.03. The SMILES string of the molecule is Cc1cc(OCC2CCC(/C=C/c3c(-c4c(Cl)cncc4Cl)noc3C3CC3)CC2)cnc1C(=O)O. The highest BCUT2D eigenvalue weighted by Crippen LogP contribution is 2.46. The Balaban J connectivity index is 1.22. The number of aromatic nitrogens is 3. The molecule has 36 heavy (non-hydrogen) atoms. The molecule has 2 aliphatic rings. The molecule has 0 unspecified atom stereocenters. The van der Waals surface area contributed by atoms with Crippen LogP contribution in [0.2, 0.25) is 10.0 Å². The average Bonchev–Trinajstić information content (AvgIpc) is 3.62. The second-order valence-electron chi connectivity index (χ2n) is 9.65. The van der Waals surface area contributed by atoms with Crippen molar-refractivity contribution in [1.29, 1.82) is 0 Å². The second kappa shape index (κ2) is 10.6. The van der Waals surface area contributed by atoms with Crippen LogP contribution in [0.1, 0.15) is 71.8 Å². The number of nitrogens with zero attached hydrogens (tertiary/aromatic N) is 3. The van der Waals surface area contributed by atoms with E-state index in [0.29, 0.717) is 57.0 Å². The lowest BCUT2D eigenvalue weighted by atomic mass is 9.82. The number of carboxylic acids is 1. The first-order valence-electron chi connectivity index (χ1n) is 12.2. The Kier molecular flexibility index (Phi) is 7.30. The topological polar surface area (TPSA) is 98.3 Å². The third-order valence-corrected chi connectivity index (χ3v) is 7.54. The highest BCUT2D eigenvalue weighted by Gasteiger charge is 2.33. The lowest BCUT2D eigenvalue weighted by Gasteiger charge is -2.26. The molecule has 7 nitrogen and oxygen atoms in total. The van der Waals surface area contributed by atoms with Crippen molar-refractivity contribution in [1.82, 2.24) is 15.1 Å². The van der Waals surface area contributed by atoms with Crippen molar-refractivity contribution in [2.45, 2.75) is 51.4 Å². The van der Waals surface area contributed by atoms with Crippen LogP contribution in [0, 0.1) is 18.8 Å². The van der Waals surface area contributed by atoms with Gasteiger partial charge >= 0.3 is 5.97 Å². The number of hydrogen-bond acceptors (Lipinski definition) is 6. The van der Waals surface area contributed by atoms with E-state index in [1.807, 2.05) is 0 Å². The summed E-state index contributed by atoms with van der Waals surface area (Å²) in [6.07, 6.45) is 15.5. The van der Waals surface area contributed by atoms with E-state index < -0.39 is 5.97 Å². The van der Waals surface area contributed by atoms with Gasteiger partial charge in [0.2, 0.25) is 0 Å². The Morgan fingerprint density at radius 2 is 1.86 bits per heavy atom. The summed E-state index contributed by atoms with van der Waals surface area (Å²) >= 11 is 12.8. The van der Waals surface area contributed by atoms with Crippen molar-refractivity contribution in [3.8, 4) is 17.0 Å². The van der Waals surface area contributed by atoms with Crippen LogP contribution < -0.4 is 4.74 Å². The number of hydrogen-bond donors (Lipinski definition) is 1. The molecule has 188 valence electrons. The molecular formula is C27H27Cl2N3O4. The quantitative estimate of drug-likeness (QED) is 0.330. The number of ether oxygens (including phenoxy) is 1. The van der Waals surface area contributed by atoms with Crippen LogP contribution in [0.25, 0.3) is 17.3 Å². The maximum absolute atomic E-state index is 11.1. The summed E-state index contributed by atoms with van der Waals surface area (Å²) in [4.78, 5) is 19.2. The molecule has 5 rings (SSSR count). The van der Waals surface area contributed by atoms with Crippen molar-refractivity contribution in [2.75, 3.05) is 6.61 Å². The van der Waals surface area contributed by atoms with E-state index in [1.165, 1.54) is 6.20 Å². The fourth-order valence-electron chi connectivity index (χ4n) is 4.77. The normalized spacial score (nSPS) is 20.1. The molecule has 3 heterocycles. The number of aromatic carboxylic acids is 1. The first kappa shape index (κ1) is 24.8. The number of rotatable bonds is 8. The second-order valence-corrected chi connectivity index (χ2v) is 10.5. The minimum Gasteiger partial charge on any atom is -0.492 e. The number of halogens is 2. The van der Waals surface area contributed by atoms with Gasteiger partial charge < -0.3 is 14.4 Å². The average molecular weight is 528 g/mol. The molecule has 9 heteroatoms. The van der Waals surface area contributed by atoms with Crippen LogP contribution in [0.3, 0.4) is 0 Å². The van der Waals surface area contributed by atoms with Crippen LogP contribution in [0.4, 0.5) is 0 Å². The molecule has 1 N–H and O–H groups in total. The van der Waals surface area contributed by atoms with Crippen molar-refractivity contribution >= 4 is 35.2 Å². The Morgan fingerprint density at radius 1 is 1.14 bits per heavy atom. The highest BCUT2D eigenvalue weighted by molar-refractivity contribution is 6.39. The molecule has 0 amide bonds. The molecule has 0 bridgehead atoms. The first-order valence-corrected chi connectivity index (χ1v) is 13.0. The van der Waals surface area contributed by atoms with Crippen LogP contribution in [-0.2, 0) is 0 Å². The Morgan fingerprint density at radius 3 is 2.50 bits per heavy atom. The zero-order valence-electron chi connectivity index (χ0n) is 19.9. The van der Waals surface area contributed by atoms with Crippen LogP contribution in [0.5, 0.6) is 5.75 Å². The molecule has 2 aliphatic carbocycles. The fraction of sp³-hybridized carbons (Fsp3) is 0.407. The predicted molar refractivity (Wildman–Crippen MR) is 138 cm³/mol. The van der Waals surface area contributed by atoms with E-state index in [9.17, 15) is 4.79 Å². The smallest absolute Gasteiger partial charge is 0.354 e. The van der Waals surface area contributed by atoms with Gasteiger partial charge in [0.25, 0.3) is 0 Å². The molecule has 2 saturated carbocycles. The van der Waals surface area contributed by atoms with Gasteiger partial charge in [-0.2, -0.15) is 0 Å². The third-order valence-electron chi connectivity index (χ3n) is 6.96. The molecule has 3 aromatic rings. The number of carbonyl (C=O) groups is 1. The molecule has 2 fully saturated rings. The van der Waals surface area contributed by atoms with Crippen molar-refractivity contribution in [3.05, 3.63) is 63.4 Å². The van der Waals surface area contributed by atoms with E-state index in [2.05, 4.69) is 27.3 Å². The van der Waals surface area contributed by atoms with Gasteiger partial charge in [-0.25, -0.2) is 9.78 Å². The standard InChI is InChI=1S/C27H27Cl2N3O4/c1-15-10-19(11-31-24(15)27(33)34)35-14-17-4-2-16(3-5-17)6-9-20-25(32-36-26(20)18-7-8-18)23-21(28)12-30-13-22(23)29/h6,9-13,16-18H,2-5,7-8,14H2,1H3,(H,33,34)/b9-6+. The first-order chi connectivity index (χ1) is 17.4. The molecule has 0 aliphatic heterocycles. The molecule has 0 radical (unpaired) electrons. The van der Waals surface area contributed by atoms with Crippen LogP contribution in [0.15, 0.2) is 35.3 Å². The minimum absolute atomic E-state index is 0.0592. The fourth-order valence-corrected chi connectivity index (χ4v) is 5.32. The van der Waals surface area contributed by atoms with Crippen LogP contribution >= 0.6 is 23.2 Å². The number of allylic oxidation sites excluding steroid dienone is 1. The maximum Gasteiger partial charge on any atom is 0.354 e. The number of pyridine rings is 2. The van der Waals surface area contributed by atoms with E-state index in [-0.39, 0.29) is 5.69 Å². The van der Waals surface area contributed by atoms with E-state index in [0.717, 1.165) is 49.8 Å². The van der Waals surface area contributed by atoms with Gasteiger partial charge in [0, 0.05) is 29.4 Å². The summed E-state index contributed by atoms with van der Waals surface area (Å²) in [6, 6.07) is 1.74. The molecule has 0 aromatic carbocycles. The van der Waals surface area contributed by atoms with Gasteiger partial charge in [0.1, 0.15) is 17.2 Å². The zero-order valence-corrected chi connectivity index (χ0v) is 21.4. The molecule has 0 saturated heterocycles. The lowest BCUT2D eigenvalue weighted by Crippen LogP contribution is -2.19. The van der Waals surface area contributed by atoms with Crippen LogP contribution in [-0.4, -0.2) is 32.8 Å². The van der Waals surface area contributed by atoms with Crippen molar-refractivity contribution in [2.24, 2.45) is 11.8 Å². The molecular weight excluding hydrogens is 501 g/mol. The number of carboxylic acid groups (broad SMARTS) is 1. The molecule has 3 aromatic heterocycles. The van der Waals surface area contributed by atoms with Crippen molar-refractivity contribution < 1.29 is 19.2 Å². The van der Waals surface area contributed by atoms with E-state index in [4.69, 9.17) is 37.6 Å². The molecule has 0 atom stereocenters. The summed E-state index contributed by atoms with van der Waals surface area (Å²) < 4.78 is 11.7. The van der Waals surface area contributed by atoms with Gasteiger partial charge in [0.05, 0.1) is 22.8 Å². The van der Waals surface area contributed by atoms with E-state index >= 15 is 0 Å². The van der Waals surface area contributed by atoms with Gasteiger partial charge in [-0.05, 0) is 68.9 Å². The summed E-state index contributed by atoms with van der Waals surface area (Å²) in [5.74, 6) is 1.81. The van der Waals surface area contributed by atoms with Gasteiger partial charge in [-0.1, -0.05) is 40.5 Å². The predicted octanol–water partition coefficient (Wildman–Crippen LogP) is 7.22.